The van der Waals surface area contributed by atoms with Gasteiger partial charge in [0.25, 0.3) is 0 Å². The van der Waals surface area contributed by atoms with E-state index in [0.717, 1.165) is 16.7 Å². The van der Waals surface area contributed by atoms with Crippen LogP contribution in [-0.2, 0) is 19.6 Å². The molecule has 1 aliphatic rings. The second-order valence-corrected chi connectivity index (χ2v) is 10.0. The Balaban J connectivity index is 1.93. The highest BCUT2D eigenvalue weighted by Gasteiger charge is 2.46. The quantitative estimate of drug-likeness (QED) is 0.469. The standard InChI is InChI=1S/C27H27NO4S/c1-4-32-27(29)24-18-25(21-14-10-19(2)11-15-21)28(26(24)22-8-6-5-7-9-22)33(30,31)23-16-12-20(3)13-17-23/h5-18,25-26H,4H2,1-3H3/t25-,26-/m0/s1. The molecule has 0 saturated heterocycles. The van der Waals surface area contributed by atoms with Gasteiger partial charge in [-0.25, -0.2) is 13.2 Å². The molecule has 6 heteroatoms. The van der Waals surface area contributed by atoms with Crippen LogP contribution in [0.3, 0.4) is 0 Å². The molecule has 3 aromatic rings. The predicted molar refractivity (Wildman–Crippen MR) is 128 cm³/mol. The van der Waals surface area contributed by atoms with Crippen molar-refractivity contribution in [3.05, 3.63) is 113 Å². The molecule has 4 rings (SSSR count). The number of hydrogen-bond acceptors (Lipinski definition) is 4. The second kappa shape index (κ2) is 9.33. The van der Waals surface area contributed by atoms with Gasteiger partial charge in [-0.2, -0.15) is 4.31 Å². The van der Waals surface area contributed by atoms with E-state index in [4.69, 9.17) is 4.74 Å². The van der Waals surface area contributed by atoms with E-state index in [1.54, 1.807) is 37.3 Å². The summed E-state index contributed by atoms with van der Waals surface area (Å²) in [7, 11) is -3.97. The van der Waals surface area contributed by atoms with Gasteiger partial charge < -0.3 is 4.74 Å². The van der Waals surface area contributed by atoms with Crippen LogP contribution in [0.2, 0.25) is 0 Å². The molecule has 0 spiro atoms. The Morgan fingerprint density at radius 1 is 0.848 bits per heavy atom. The van der Waals surface area contributed by atoms with Crippen molar-refractivity contribution >= 4 is 16.0 Å². The number of nitrogens with zero attached hydrogens (tertiary/aromatic N) is 1. The van der Waals surface area contributed by atoms with Crippen molar-refractivity contribution in [1.29, 1.82) is 0 Å². The van der Waals surface area contributed by atoms with E-state index in [1.807, 2.05) is 68.4 Å². The molecule has 0 fully saturated rings. The van der Waals surface area contributed by atoms with Gasteiger partial charge in [0.1, 0.15) is 0 Å². The maximum absolute atomic E-state index is 14.0. The first-order valence-electron chi connectivity index (χ1n) is 10.9. The fourth-order valence-corrected chi connectivity index (χ4v) is 5.83. The molecule has 0 saturated carbocycles. The average molecular weight is 462 g/mol. The van der Waals surface area contributed by atoms with Gasteiger partial charge in [0.2, 0.25) is 10.0 Å². The fraction of sp³-hybridized carbons (Fsp3) is 0.222. The van der Waals surface area contributed by atoms with E-state index in [2.05, 4.69) is 0 Å². The molecule has 0 amide bonds. The molecule has 5 nitrogen and oxygen atoms in total. The van der Waals surface area contributed by atoms with E-state index in [1.165, 1.54) is 4.31 Å². The normalized spacial score (nSPS) is 18.7. The molecule has 0 radical (unpaired) electrons. The van der Waals surface area contributed by atoms with Gasteiger partial charge in [-0.15, -0.1) is 0 Å². The number of rotatable bonds is 6. The predicted octanol–water partition coefficient (Wildman–Crippen LogP) is 5.28. The van der Waals surface area contributed by atoms with Crippen LogP contribution in [0.1, 0.15) is 41.3 Å². The van der Waals surface area contributed by atoms with Gasteiger partial charge in [-0.1, -0.05) is 77.9 Å². The lowest BCUT2D eigenvalue weighted by molar-refractivity contribution is -0.138. The van der Waals surface area contributed by atoms with Crippen LogP contribution >= 0.6 is 0 Å². The molecule has 1 heterocycles. The third kappa shape index (κ3) is 4.49. The first-order valence-corrected chi connectivity index (χ1v) is 12.4. The maximum atomic E-state index is 14.0. The largest absolute Gasteiger partial charge is 0.463 e. The molecule has 1 aliphatic heterocycles. The van der Waals surface area contributed by atoms with Crippen molar-refractivity contribution in [3.8, 4) is 0 Å². The van der Waals surface area contributed by atoms with Gasteiger partial charge in [0.15, 0.2) is 0 Å². The number of carbonyl (C=O) groups is 1. The van der Waals surface area contributed by atoms with Crippen LogP contribution in [0.25, 0.3) is 0 Å². The Hall–Kier alpha value is -3.22. The molecular formula is C27H27NO4S. The minimum Gasteiger partial charge on any atom is -0.463 e. The first-order chi connectivity index (χ1) is 15.8. The Labute approximate surface area is 195 Å². The lowest BCUT2D eigenvalue weighted by Crippen LogP contribution is -2.35. The zero-order chi connectivity index (χ0) is 23.6. The first kappa shape index (κ1) is 23.0. The Morgan fingerprint density at radius 3 is 2.00 bits per heavy atom. The number of sulfonamides is 1. The Bertz CT molecular complexity index is 1260. The van der Waals surface area contributed by atoms with E-state index in [0.29, 0.717) is 11.1 Å². The average Bonchev–Trinajstić information content (AvgIpc) is 3.22. The summed E-state index contributed by atoms with van der Waals surface area (Å²) in [4.78, 5) is 13.2. The van der Waals surface area contributed by atoms with Gasteiger partial charge in [0, 0.05) is 0 Å². The summed E-state index contributed by atoms with van der Waals surface area (Å²) in [6.45, 7) is 5.83. The SMILES string of the molecule is CCOC(=O)C1=C[C@@H](c2ccc(C)cc2)N(S(=O)(=O)c2ccc(C)cc2)[C@H]1c1ccccc1. The third-order valence-corrected chi connectivity index (χ3v) is 7.66. The Kier molecular flexibility index (Phi) is 6.49. The molecule has 33 heavy (non-hydrogen) atoms. The molecule has 0 N–H and O–H groups in total. The summed E-state index contributed by atoms with van der Waals surface area (Å²) < 4.78 is 34.9. The van der Waals surface area contributed by atoms with E-state index in [9.17, 15) is 13.2 Å². The zero-order valence-corrected chi connectivity index (χ0v) is 19.7. The van der Waals surface area contributed by atoms with Crippen molar-refractivity contribution in [2.75, 3.05) is 6.61 Å². The fourth-order valence-electron chi connectivity index (χ4n) is 4.12. The summed E-state index contributed by atoms with van der Waals surface area (Å²) in [6.07, 6.45) is 1.73. The Morgan fingerprint density at radius 2 is 1.42 bits per heavy atom. The molecule has 2 atom stereocenters. The summed E-state index contributed by atoms with van der Waals surface area (Å²) >= 11 is 0. The van der Waals surface area contributed by atoms with Crippen LogP contribution in [0.15, 0.2) is 95.4 Å². The van der Waals surface area contributed by atoms with Crippen molar-refractivity contribution in [1.82, 2.24) is 4.31 Å². The van der Waals surface area contributed by atoms with E-state index < -0.39 is 28.1 Å². The second-order valence-electron chi connectivity index (χ2n) is 8.16. The molecule has 3 aromatic carbocycles. The van der Waals surface area contributed by atoms with Gasteiger partial charge in [0.05, 0.1) is 29.2 Å². The van der Waals surface area contributed by atoms with Crippen LogP contribution < -0.4 is 0 Å². The van der Waals surface area contributed by atoms with E-state index >= 15 is 0 Å². The number of hydrogen-bond donors (Lipinski definition) is 0. The highest BCUT2D eigenvalue weighted by atomic mass is 32.2. The maximum Gasteiger partial charge on any atom is 0.335 e. The summed E-state index contributed by atoms with van der Waals surface area (Å²) in [5.74, 6) is -0.509. The number of benzene rings is 3. The van der Waals surface area contributed by atoms with E-state index in [-0.39, 0.29) is 11.5 Å². The number of carbonyl (C=O) groups excluding carboxylic acids is 1. The molecular weight excluding hydrogens is 434 g/mol. The van der Waals surface area contributed by atoms with Gasteiger partial charge in [-0.05, 0) is 50.1 Å². The van der Waals surface area contributed by atoms with Crippen molar-refractivity contribution in [3.63, 3.8) is 0 Å². The van der Waals surface area contributed by atoms with Crippen LogP contribution in [0.4, 0.5) is 0 Å². The summed E-state index contributed by atoms with van der Waals surface area (Å²) in [5, 5.41) is 0. The minimum absolute atomic E-state index is 0.185. The topological polar surface area (TPSA) is 63.7 Å². The van der Waals surface area contributed by atoms with Crippen molar-refractivity contribution in [2.24, 2.45) is 0 Å². The molecule has 0 aromatic heterocycles. The van der Waals surface area contributed by atoms with Gasteiger partial charge in [-0.3, -0.25) is 0 Å². The summed E-state index contributed by atoms with van der Waals surface area (Å²) in [5.41, 5.74) is 3.86. The molecule has 0 aliphatic carbocycles. The third-order valence-electron chi connectivity index (χ3n) is 5.80. The van der Waals surface area contributed by atoms with Crippen LogP contribution in [0.5, 0.6) is 0 Å². The monoisotopic (exact) mass is 461 g/mol. The van der Waals surface area contributed by atoms with Crippen LogP contribution in [-0.4, -0.2) is 25.3 Å². The molecule has 0 unspecified atom stereocenters. The lowest BCUT2D eigenvalue weighted by Gasteiger charge is -2.31. The van der Waals surface area contributed by atoms with Crippen LogP contribution in [0, 0.1) is 13.8 Å². The minimum atomic E-state index is -3.97. The molecule has 170 valence electrons. The summed E-state index contributed by atoms with van der Waals surface area (Å²) in [6, 6.07) is 22.3. The zero-order valence-electron chi connectivity index (χ0n) is 18.9. The smallest absolute Gasteiger partial charge is 0.335 e. The van der Waals surface area contributed by atoms with Crippen molar-refractivity contribution in [2.45, 2.75) is 37.8 Å². The van der Waals surface area contributed by atoms with Crippen molar-refractivity contribution < 1.29 is 17.9 Å². The highest BCUT2D eigenvalue weighted by Crippen LogP contribution is 2.47. The number of aryl methyl sites for hydroxylation is 2. The highest BCUT2D eigenvalue weighted by molar-refractivity contribution is 7.89. The lowest BCUT2D eigenvalue weighted by atomic mass is 10.0. The van der Waals surface area contributed by atoms with Gasteiger partial charge >= 0.3 is 5.97 Å². The number of esters is 1. The number of ether oxygens (including phenoxy) is 1. The molecule has 0 bridgehead atoms.